The number of hydrogen-bond donors (Lipinski definition) is 0. The Hall–Kier alpha value is -2.16. The molecule has 3 heteroatoms. The molecule has 0 N–H and O–H groups in total. The second kappa shape index (κ2) is 6.08. The Morgan fingerprint density at radius 2 is 1.67 bits per heavy atom. The van der Waals surface area contributed by atoms with E-state index in [1.165, 1.54) is 5.56 Å². The number of aryl methyl sites for hydroxylation is 2. The van der Waals surface area contributed by atoms with Crippen molar-refractivity contribution in [1.82, 2.24) is 0 Å². The molecular formula is C18H20O3. The maximum Gasteiger partial charge on any atom is 0.174 e. The molecule has 1 aromatic carbocycles. The van der Waals surface area contributed by atoms with Crippen LogP contribution in [0.15, 0.2) is 34.7 Å². The quantitative estimate of drug-likeness (QED) is 0.601. The lowest BCUT2D eigenvalue weighted by molar-refractivity contribution is 0.0893. The summed E-state index contributed by atoms with van der Waals surface area (Å²) in [5, 5.41) is 0. The first-order valence-corrected chi connectivity index (χ1v) is 7.12. The summed E-state index contributed by atoms with van der Waals surface area (Å²) in [7, 11) is 0. The highest BCUT2D eigenvalue weighted by Gasteiger charge is 2.18. The van der Waals surface area contributed by atoms with Gasteiger partial charge in [-0.2, -0.15) is 0 Å². The van der Waals surface area contributed by atoms with Crippen LogP contribution in [0.25, 0.3) is 0 Å². The Kier molecular flexibility index (Phi) is 4.41. The van der Waals surface area contributed by atoms with Crippen molar-refractivity contribution < 1.29 is 14.0 Å². The van der Waals surface area contributed by atoms with E-state index in [4.69, 9.17) is 4.42 Å². The number of ketones is 2. The van der Waals surface area contributed by atoms with Gasteiger partial charge in [-0.1, -0.05) is 38.1 Å². The van der Waals surface area contributed by atoms with Gasteiger partial charge in [0.15, 0.2) is 11.6 Å². The van der Waals surface area contributed by atoms with Crippen LogP contribution in [0.5, 0.6) is 0 Å². The van der Waals surface area contributed by atoms with Crippen LogP contribution in [0.4, 0.5) is 0 Å². The zero-order chi connectivity index (χ0) is 15.6. The number of hydrogen-bond acceptors (Lipinski definition) is 3. The molecule has 2 aromatic rings. The van der Waals surface area contributed by atoms with E-state index in [0.717, 1.165) is 0 Å². The molecule has 0 aliphatic heterocycles. The molecule has 1 aromatic heterocycles. The van der Waals surface area contributed by atoms with E-state index in [0.29, 0.717) is 28.6 Å². The summed E-state index contributed by atoms with van der Waals surface area (Å²) in [5.74, 6) is 1.33. The summed E-state index contributed by atoms with van der Waals surface area (Å²) in [6.07, 6.45) is -0.124. The molecule has 0 bridgehead atoms. The Morgan fingerprint density at radius 3 is 2.14 bits per heavy atom. The van der Waals surface area contributed by atoms with Crippen LogP contribution in [0.3, 0.4) is 0 Å². The molecule has 0 aliphatic carbocycles. The van der Waals surface area contributed by atoms with Crippen molar-refractivity contribution in [3.63, 3.8) is 0 Å². The van der Waals surface area contributed by atoms with Gasteiger partial charge in [-0.3, -0.25) is 9.59 Å². The van der Waals surface area contributed by atoms with Crippen molar-refractivity contribution in [2.75, 3.05) is 0 Å². The molecule has 3 nitrogen and oxygen atoms in total. The number of rotatable bonds is 5. The van der Waals surface area contributed by atoms with Crippen molar-refractivity contribution >= 4 is 11.6 Å². The topological polar surface area (TPSA) is 47.3 Å². The largest absolute Gasteiger partial charge is 0.466 e. The monoisotopic (exact) mass is 284 g/mol. The molecule has 0 atom stereocenters. The van der Waals surface area contributed by atoms with Crippen LogP contribution < -0.4 is 0 Å². The summed E-state index contributed by atoms with van der Waals surface area (Å²) in [6.45, 7) is 7.73. The first kappa shape index (κ1) is 15.2. The minimum absolute atomic E-state index is 0.124. The van der Waals surface area contributed by atoms with Crippen molar-refractivity contribution in [1.29, 1.82) is 0 Å². The lowest BCUT2D eigenvalue weighted by Gasteiger charge is -2.06. The number of Topliss-reactive ketones (excluding diaryl/α,β-unsaturated/α-hetero) is 2. The maximum atomic E-state index is 12.2. The van der Waals surface area contributed by atoms with Gasteiger partial charge in [0, 0.05) is 5.56 Å². The summed E-state index contributed by atoms with van der Waals surface area (Å²) in [5.41, 5.74) is 2.25. The molecule has 0 fully saturated rings. The molecule has 0 radical (unpaired) electrons. The minimum atomic E-state index is -0.192. The van der Waals surface area contributed by atoms with Crippen LogP contribution in [0.1, 0.15) is 64.0 Å². The summed E-state index contributed by atoms with van der Waals surface area (Å²) >= 11 is 0. The third kappa shape index (κ3) is 3.48. The maximum absolute atomic E-state index is 12.2. The molecule has 0 amide bonds. The average molecular weight is 284 g/mol. The molecule has 0 spiro atoms. The molecule has 0 saturated carbocycles. The smallest absolute Gasteiger partial charge is 0.174 e. The number of carbonyl (C=O) groups excluding carboxylic acids is 2. The highest BCUT2D eigenvalue weighted by atomic mass is 16.3. The number of furan rings is 1. The van der Waals surface area contributed by atoms with E-state index in [-0.39, 0.29) is 18.0 Å². The normalized spacial score (nSPS) is 10.9. The molecule has 110 valence electrons. The molecular weight excluding hydrogens is 264 g/mol. The van der Waals surface area contributed by atoms with Gasteiger partial charge in [-0.15, -0.1) is 0 Å². The van der Waals surface area contributed by atoms with Gasteiger partial charge in [0.25, 0.3) is 0 Å². The Balaban J connectivity index is 2.10. The fourth-order valence-electron chi connectivity index (χ4n) is 2.30. The van der Waals surface area contributed by atoms with E-state index in [1.54, 1.807) is 32.0 Å². The molecule has 1 heterocycles. The first-order valence-electron chi connectivity index (χ1n) is 7.12. The third-order valence-electron chi connectivity index (χ3n) is 3.56. The summed E-state index contributed by atoms with van der Waals surface area (Å²) in [6, 6.07) is 9.15. The molecule has 0 saturated heterocycles. The zero-order valence-corrected chi connectivity index (χ0v) is 12.9. The van der Waals surface area contributed by atoms with Crippen molar-refractivity contribution in [2.45, 2.75) is 40.0 Å². The van der Waals surface area contributed by atoms with Crippen LogP contribution >= 0.6 is 0 Å². The highest BCUT2D eigenvalue weighted by molar-refractivity contribution is 6.13. The van der Waals surface area contributed by atoms with Gasteiger partial charge in [0.1, 0.15) is 11.5 Å². The van der Waals surface area contributed by atoms with Crippen LogP contribution in [-0.2, 0) is 0 Å². The van der Waals surface area contributed by atoms with Crippen molar-refractivity contribution in [2.24, 2.45) is 0 Å². The predicted molar refractivity (Wildman–Crippen MR) is 82.0 cm³/mol. The number of benzene rings is 1. The molecule has 21 heavy (non-hydrogen) atoms. The van der Waals surface area contributed by atoms with Gasteiger partial charge < -0.3 is 4.42 Å². The van der Waals surface area contributed by atoms with Gasteiger partial charge in [-0.25, -0.2) is 0 Å². The van der Waals surface area contributed by atoms with Gasteiger partial charge in [0.2, 0.25) is 0 Å². The first-order chi connectivity index (χ1) is 9.88. The van der Waals surface area contributed by atoms with Crippen LogP contribution in [0, 0.1) is 13.8 Å². The summed E-state index contributed by atoms with van der Waals surface area (Å²) < 4.78 is 5.33. The second-order valence-electron chi connectivity index (χ2n) is 5.63. The third-order valence-corrected chi connectivity index (χ3v) is 3.56. The Morgan fingerprint density at radius 1 is 1.05 bits per heavy atom. The fraction of sp³-hybridized carbons (Fsp3) is 0.333. The molecule has 2 rings (SSSR count). The standard InChI is InChI=1S/C18H20O3/c1-11(2)14-5-7-15(8-6-14)17(19)10-18(20)16-9-12(3)21-13(16)4/h5-9,11H,10H2,1-4H3. The van der Waals surface area contributed by atoms with E-state index in [9.17, 15) is 9.59 Å². The van der Waals surface area contributed by atoms with Crippen LogP contribution in [0.2, 0.25) is 0 Å². The van der Waals surface area contributed by atoms with Crippen LogP contribution in [-0.4, -0.2) is 11.6 Å². The van der Waals surface area contributed by atoms with E-state index in [2.05, 4.69) is 13.8 Å². The highest BCUT2D eigenvalue weighted by Crippen LogP contribution is 2.18. The Bertz CT molecular complexity index is 660. The number of carbonyl (C=O) groups is 2. The van der Waals surface area contributed by atoms with Gasteiger partial charge in [-0.05, 0) is 31.4 Å². The molecule has 0 aliphatic rings. The average Bonchev–Trinajstić information content (AvgIpc) is 2.77. The Labute approximate surface area is 125 Å². The van der Waals surface area contributed by atoms with Gasteiger partial charge >= 0.3 is 0 Å². The van der Waals surface area contributed by atoms with Gasteiger partial charge in [0.05, 0.1) is 12.0 Å². The minimum Gasteiger partial charge on any atom is -0.466 e. The van der Waals surface area contributed by atoms with E-state index < -0.39 is 0 Å². The fourth-order valence-corrected chi connectivity index (χ4v) is 2.30. The summed E-state index contributed by atoms with van der Waals surface area (Å²) in [4.78, 5) is 24.3. The van der Waals surface area contributed by atoms with Crippen molar-refractivity contribution in [3.8, 4) is 0 Å². The predicted octanol–water partition coefficient (Wildman–Crippen LogP) is 4.48. The lowest BCUT2D eigenvalue weighted by Crippen LogP contribution is -2.09. The van der Waals surface area contributed by atoms with E-state index >= 15 is 0 Å². The van der Waals surface area contributed by atoms with Crippen molar-refractivity contribution in [3.05, 3.63) is 58.5 Å². The van der Waals surface area contributed by atoms with E-state index in [1.807, 2.05) is 12.1 Å². The SMILES string of the molecule is Cc1cc(C(=O)CC(=O)c2ccc(C(C)C)cc2)c(C)o1. The lowest BCUT2D eigenvalue weighted by atomic mass is 9.98. The molecule has 0 unspecified atom stereocenters. The zero-order valence-electron chi connectivity index (χ0n) is 12.9. The second-order valence-corrected chi connectivity index (χ2v) is 5.63.